The van der Waals surface area contributed by atoms with E-state index < -0.39 is 5.60 Å². The number of aliphatic hydroxyl groups is 1. The van der Waals surface area contributed by atoms with Gasteiger partial charge in [-0.3, -0.25) is 0 Å². The molecule has 0 aliphatic heterocycles. The average Bonchev–Trinajstić information content (AvgIpc) is 2.59. The lowest BCUT2D eigenvalue weighted by Crippen LogP contribution is -2.24. The first-order valence-electron chi connectivity index (χ1n) is 5.44. The van der Waals surface area contributed by atoms with E-state index in [0.29, 0.717) is 18.4 Å². The Hall–Kier alpha value is -1.29. The molecule has 16 heavy (non-hydrogen) atoms. The van der Waals surface area contributed by atoms with Crippen LogP contribution in [0.4, 0.5) is 0 Å². The van der Waals surface area contributed by atoms with Crippen molar-refractivity contribution >= 4 is 5.97 Å². The molecule has 0 aromatic carbocycles. The van der Waals surface area contributed by atoms with Crippen molar-refractivity contribution < 1.29 is 14.6 Å². The Bertz CT molecular complexity index is 349. The van der Waals surface area contributed by atoms with E-state index in [1.54, 1.807) is 12.3 Å². The largest absolute Gasteiger partial charge is 0.456 e. The lowest BCUT2D eigenvalue weighted by Gasteiger charge is -2.19. The Morgan fingerprint density at radius 2 is 2.19 bits per heavy atom. The number of hydrogen-bond acceptors (Lipinski definition) is 3. The second-order valence-corrected chi connectivity index (χ2v) is 4.70. The lowest BCUT2D eigenvalue weighted by atomic mass is 10.1. The Kier molecular flexibility index (Phi) is 4.12. The summed E-state index contributed by atoms with van der Waals surface area (Å²) < 4.78 is 5.28. The summed E-state index contributed by atoms with van der Waals surface area (Å²) in [7, 11) is 0. The number of aliphatic hydroxyl groups excluding tert-OH is 1. The van der Waals surface area contributed by atoms with Crippen molar-refractivity contribution in [3.05, 3.63) is 23.5 Å². The standard InChI is InChI=1S/C12H19NO3/c1-12(2,3)16-11(15)9-6-7-13-10(9)5-4-8-14/h6-7,13-14H,4-5,8H2,1-3H3. The summed E-state index contributed by atoms with van der Waals surface area (Å²) in [6, 6.07) is 1.71. The third-order valence-corrected chi connectivity index (χ3v) is 2.04. The lowest BCUT2D eigenvalue weighted by molar-refractivity contribution is 0.00684. The zero-order valence-electron chi connectivity index (χ0n) is 10.0. The van der Waals surface area contributed by atoms with E-state index >= 15 is 0 Å². The van der Waals surface area contributed by atoms with Gasteiger partial charge in [0.2, 0.25) is 0 Å². The summed E-state index contributed by atoms with van der Waals surface area (Å²) in [5, 5.41) is 8.75. The molecule has 0 aliphatic carbocycles. The van der Waals surface area contributed by atoms with Crippen molar-refractivity contribution in [3.8, 4) is 0 Å². The molecule has 1 rings (SSSR count). The third-order valence-electron chi connectivity index (χ3n) is 2.04. The Morgan fingerprint density at radius 1 is 1.50 bits per heavy atom. The molecule has 2 N–H and O–H groups in total. The first-order chi connectivity index (χ1) is 7.44. The molecule has 0 saturated carbocycles. The number of ether oxygens (including phenoxy) is 1. The van der Waals surface area contributed by atoms with Crippen LogP contribution in [-0.2, 0) is 11.2 Å². The first-order valence-corrected chi connectivity index (χ1v) is 5.44. The molecular formula is C12H19NO3. The van der Waals surface area contributed by atoms with E-state index in [4.69, 9.17) is 9.84 Å². The summed E-state index contributed by atoms with van der Waals surface area (Å²) in [6.45, 7) is 5.63. The molecule has 1 aromatic heterocycles. The smallest absolute Gasteiger partial charge is 0.340 e. The minimum atomic E-state index is -0.484. The molecule has 0 unspecified atom stereocenters. The quantitative estimate of drug-likeness (QED) is 0.769. The average molecular weight is 225 g/mol. The molecule has 0 amide bonds. The summed E-state index contributed by atoms with van der Waals surface area (Å²) in [6.07, 6.45) is 3.00. The van der Waals surface area contributed by atoms with Gasteiger partial charge in [0, 0.05) is 18.5 Å². The van der Waals surface area contributed by atoms with Crippen LogP contribution in [0.2, 0.25) is 0 Å². The van der Waals surface area contributed by atoms with Gasteiger partial charge in [-0.25, -0.2) is 4.79 Å². The van der Waals surface area contributed by atoms with Crippen LogP contribution < -0.4 is 0 Å². The summed E-state index contributed by atoms with van der Waals surface area (Å²) in [5.41, 5.74) is 0.898. The number of H-pyrrole nitrogens is 1. The molecular weight excluding hydrogens is 206 g/mol. The molecule has 4 nitrogen and oxygen atoms in total. The van der Waals surface area contributed by atoms with E-state index in [1.807, 2.05) is 20.8 Å². The number of nitrogens with one attached hydrogen (secondary N) is 1. The van der Waals surface area contributed by atoms with E-state index in [9.17, 15) is 4.79 Å². The van der Waals surface area contributed by atoms with Gasteiger partial charge in [-0.2, -0.15) is 0 Å². The van der Waals surface area contributed by atoms with E-state index in [0.717, 1.165) is 5.69 Å². The van der Waals surface area contributed by atoms with Gasteiger partial charge in [0.25, 0.3) is 0 Å². The molecule has 1 heterocycles. The van der Waals surface area contributed by atoms with Gasteiger partial charge in [-0.15, -0.1) is 0 Å². The predicted molar refractivity (Wildman–Crippen MR) is 61.4 cm³/mol. The summed E-state index contributed by atoms with van der Waals surface area (Å²) in [4.78, 5) is 14.8. The predicted octanol–water partition coefficient (Wildman–Crippen LogP) is 1.89. The van der Waals surface area contributed by atoms with Crippen LogP contribution in [-0.4, -0.2) is 28.3 Å². The monoisotopic (exact) mass is 225 g/mol. The van der Waals surface area contributed by atoms with Crippen LogP contribution in [0.15, 0.2) is 12.3 Å². The zero-order chi connectivity index (χ0) is 12.2. The van der Waals surface area contributed by atoms with Crippen molar-refractivity contribution in [1.82, 2.24) is 4.98 Å². The van der Waals surface area contributed by atoms with Crippen LogP contribution in [0.3, 0.4) is 0 Å². The SMILES string of the molecule is CC(C)(C)OC(=O)c1cc[nH]c1CCCO. The number of rotatable bonds is 4. The summed E-state index contributed by atoms with van der Waals surface area (Å²) >= 11 is 0. The van der Waals surface area contributed by atoms with Gasteiger partial charge in [0.1, 0.15) is 5.60 Å². The fraction of sp³-hybridized carbons (Fsp3) is 0.583. The second kappa shape index (κ2) is 5.16. The van der Waals surface area contributed by atoms with Gasteiger partial charge >= 0.3 is 5.97 Å². The number of aromatic nitrogens is 1. The van der Waals surface area contributed by atoms with E-state index in [-0.39, 0.29) is 12.6 Å². The van der Waals surface area contributed by atoms with Crippen LogP contribution in [0.5, 0.6) is 0 Å². The molecule has 4 heteroatoms. The first kappa shape index (κ1) is 12.8. The van der Waals surface area contributed by atoms with Gasteiger partial charge in [-0.1, -0.05) is 0 Å². The minimum absolute atomic E-state index is 0.118. The molecule has 0 fully saturated rings. The van der Waals surface area contributed by atoms with Crippen LogP contribution in [0, 0.1) is 0 Å². The Labute approximate surface area is 95.6 Å². The van der Waals surface area contributed by atoms with Crippen molar-refractivity contribution in [1.29, 1.82) is 0 Å². The number of carbonyl (C=O) groups excluding carboxylic acids is 1. The van der Waals surface area contributed by atoms with Gasteiger partial charge in [-0.05, 0) is 39.7 Å². The van der Waals surface area contributed by atoms with Crippen LogP contribution in [0.25, 0.3) is 0 Å². The number of aryl methyl sites for hydroxylation is 1. The number of aromatic amines is 1. The van der Waals surface area contributed by atoms with E-state index in [2.05, 4.69) is 4.98 Å². The zero-order valence-corrected chi connectivity index (χ0v) is 10.0. The maximum absolute atomic E-state index is 11.8. The minimum Gasteiger partial charge on any atom is -0.456 e. The molecule has 90 valence electrons. The van der Waals surface area contributed by atoms with Crippen LogP contribution in [0.1, 0.15) is 43.2 Å². The topological polar surface area (TPSA) is 62.3 Å². The Morgan fingerprint density at radius 3 is 2.75 bits per heavy atom. The maximum Gasteiger partial charge on any atom is 0.340 e. The van der Waals surface area contributed by atoms with Gasteiger partial charge in [0.05, 0.1) is 5.56 Å². The molecule has 0 aliphatic rings. The highest BCUT2D eigenvalue weighted by Crippen LogP contribution is 2.15. The van der Waals surface area contributed by atoms with Crippen LogP contribution >= 0.6 is 0 Å². The van der Waals surface area contributed by atoms with E-state index in [1.165, 1.54) is 0 Å². The fourth-order valence-electron chi connectivity index (χ4n) is 1.39. The maximum atomic E-state index is 11.8. The number of esters is 1. The third kappa shape index (κ3) is 3.70. The van der Waals surface area contributed by atoms with Crippen molar-refractivity contribution in [3.63, 3.8) is 0 Å². The highest BCUT2D eigenvalue weighted by molar-refractivity contribution is 5.91. The second-order valence-electron chi connectivity index (χ2n) is 4.70. The molecule has 0 saturated heterocycles. The van der Waals surface area contributed by atoms with Gasteiger partial charge in [0.15, 0.2) is 0 Å². The van der Waals surface area contributed by atoms with Crippen molar-refractivity contribution in [2.24, 2.45) is 0 Å². The number of carbonyl (C=O) groups is 1. The van der Waals surface area contributed by atoms with Gasteiger partial charge < -0.3 is 14.8 Å². The summed E-state index contributed by atoms with van der Waals surface area (Å²) in [5.74, 6) is -0.318. The Balaban J connectivity index is 2.72. The normalized spacial score (nSPS) is 11.5. The molecule has 0 bridgehead atoms. The molecule has 0 radical (unpaired) electrons. The highest BCUT2D eigenvalue weighted by atomic mass is 16.6. The highest BCUT2D eigenvalue weighted by Gasteiger charge is 2.20. The fourth-order valence-corrected chi connectivity index (χ4v) is 1.39. The van der Waals surface area contributed by atoms with Crippen molar-refractivity contribution in [2.45, 2.75) is 39.2 Å². The molecule has 1 aromatic rings. The molecule has 0 atom stereocenters. The van der Waals surface area contributed by atoms with Crippen molar-refractivity contribution in [2.75, 3.05) is 6.61 Å². The molecule has 0 spiro atoms. The number of hydrogen-bond donors (Lipinski definition) is 2.